The summed E-state index contributed by atoms with van der Waals surface area (Å²) in [5.74, 6) is -0.867. The molecule has 22 heavy (non-hydrogen) atoms. The Bertz CT molecular complexity index is 717. The highest BCUT2D eigenvalue weighted by molar-refractivity contribution is 6.25. The van der Waals surface area contributed by atoms with Gasteiger partial charge >= 0.3 is 0 Å². The van der Waals surface area contributed by atoms with Gasteiger partial charge in [-0.25, -0.2) is 0 Å². The predicted molar refractivity (Wildman–Crippen MR) is 80.5 cm³/mol. The summed E-state index contributed by atoms with van der Waals surface area (Å²) < 4.78 is 5.05. The zero-order chi connectivity index (χ0) is 15.9. The summed E-state index contributed by atoms with van der Waals surface area (Å²) in [6, 6.07) is 6.81. The fraction of sp³-hybridized carbons (Fsp3) is 0.235. The quantitative estimate of drug-likeness (QED) is 0.683. The van der Waals surface area contributed by atoms with Crippen LogP contribution in [0, 0.1) is 11.3 Å². The highest BCUT2D eigenvalue weighted by Crippen LogP contribution is 2.47. The van der Waals surface area contributed by atoms with Gasteiger partial charge in [0.25, 0.3) is 0 Å². The molecule has 0 unspecified atom stereocenters. The van der Waals surface area contributed by atoms with Crippen LogP contribution in [0.2, 0.25) is 0 Å². The molecule has 1 N–H and O–H groups in total. The van der Waals surface area contributed by atoms with Gasteiger partial charge in [-0.2, -0.15) is 0 Å². The predicted octanol–water partition coefficient (Wildman–Crippen LogP) is 1.90. The first-order valence-electron chi connectivity index (χ1n) is 6.90. The molecule has 112 valence electrons. The standard InChI is InChI=1S/C17H15NO4/c1-10-13-9-17(15(10)20,8-7-14(13)19)16(21)18-11-3-5-12(22-2)6-4-11/h3-8,13H,1,9H2,2H3,(H,18,21)/t13-,17-/m1/s1. The van der Waals surface area contributed by atoms with E-state index in [1.54, 1.807) is 31.4 Å². The summed E-state index contributed by atoms with van der Waals surface area (Å²) >= 11 is 0. The van der Waals surface area contributed by atoms with E-state index in [-0.39, 0.29) is 23.6 Å². The summed E-state index contributed by atoms with van der Waals surface area (Å²) in [5.41, 5.74) is -0.525. The van der Waals surface area contributed by atoms with Crippen LogP contribution in [-0.4, -0.2) is 24.6 Å². The second kappa shape index (κ2) is 4.94. The Morgan fingerprint density at radius 3 is 2.64 bits per heavy atom. The number of methoxy groups -OCH3 is 1. The van der Waals surface area contributed by atoms with E-state index in [0.29, 0.717) is 11.4 Å². The third-order valence-corrected chi connectivity index (χ3v) is 4.27. The van der Waals surface area contributed by atoms with Gasteiger partial charge in [-0.05, 0) is 36.8 Å². The smallest absolute Gasteiger partial charge is 0.242 e. The number of hydrogen-bond acceptors (Lipinski definition) is 4. The maximum absolute atomic E-state index is 12.6. The van der Waals surface area contributed by atoms with Crippen LogP contribution in [-0.2, 0) is 14.4 Å². The Morgan fingerprint density at radius 2 is 2.00 bits per heavy atom. The van der Waals surface area contributed by atoms with E-state index in [1.165, 1.54) is 12.2 Å². The fourth-order valence-corrected chi connectivity index (χ4v) is 2.93. The number of nitrogens with one attached hydrogen (secondary N) is 1. The van der Waals surface area contributed by atoms with Crippen LogP contribution in [0.5, 0.6) is 5.75 Å². The first kappa shape index (κ1) is 14.3. The second-order valence-electron chi connectivity index (χ2n) is 5.50. The lowest BCUT2D eigenvalue weighted by atomic mass is 9.79. The number of rotatable bonds is 3. The molecule has 1 saturated carbocycles. The Morgan fingerprint density at radius 1 is 1.32 bits per heavy atom. The Labute approximate surface area is 127 Å². The summed E-state index contributed by atoms with van der Waals surface area (Å²) in [6.07, 6.45) is 2.89. The molecule has 2 atom stereocenters. The number of hydrogen-bond donors (Lipinski definition) is 1. The van der Waals surface area contributed by atoms with Crippen LogP contribution >= 0.6 is 0 Å². The molecule has 5 nitrogen and oxygen atoms in total. The third-order valence-electron chi connectivity index (χ3n) is 4.27. The lowest BCUT2D eigenvalue weighted by molar-refractivity contribution is -0.132. The molecule has 0 heterocycles. The largest absolute Gasteiger partial charge is 0.497 e. The van der Waals surface area contributed by atoms with Crippen LogP contribution in [0.1, 0.15) is 6.42 Å². The zero-order valence-corrected chi connectivity index (χ0v) is 12.1. The van der Waals surface area contributed by atoms with Gasteiger partial charge in [-0.3, -0.25) is 14.4 Å². The maximum atomic E-state index is 12.6. The number of ether oxygens (including phenoxy) is 1. The van der Waals surface area contributed by atoms with Gasteiger partial charge in [0.2, 0.25) is 5.91 Å². The van der Waals surface area contributed by atoms with Crippen molar-refractivity contribution in [2.45, 2.75) is 6.42 Å². The lowest BCUT2D eigenvalue weighted by Crippen LogP contribution is -2.39. The minimum atomic E-state index is -1.31. The number of allylic oxidation sites excluding steroid dienone is 2. The van der Waals surface area contributed by atoms with Crippen LogP contribution in [0.3, 0.4) is 0 Å². The van der Waals surface area contributed by atoms with Crippen LogP contribution in [0.25, 0.3) is 0 Å². The topological polar surface area (TPSA) is 72.5 Å². The van der Waals surface area contributed by atoms with Crippen molar-refractivity contribution in [3.63, 3.8) is 0 Å². The highest BCUT2D eigenvalue weighted by Gasteiger charge is 2.56. The van der Waals surface area contributed by atoms with E-state index >= 15 is 0 Å². The van der Waals surface area contributed by atoms with E-state index in [0.717, 1.165) is 0 Å². The molecule has 2 aliphatic carbocycles. The zero-order valence-electron chi connectivity index (χ0n) is 12.1. The molecule has 1 aromatic carbocycles. The maximum Gasteiger partial charge on any atom is 0.242 e. The average molecular weight is 297 g/mol. The molecule has 1 aromatic rings. The molecule has 0 spiro atoms. The number of benzene rings is 1. The van der Waals surface area contributed by atoms with Gasteiger partial charge in [-0.15, -0.1) is 0 Å². The van der Waals surface area contributed by atoms with Gasteiger partial charge in [-0.1, -0.05) is 12.7 Å². The number of fused-ring (bicyclic) bond motifs is 2. The minimum absolute atomic E-state index is 0.163. The van der Waals surface area contributed by atoms with Crippen molar-refractivity contribution in [3.05, 3.63) is 48.6 Å². The van der Waals surface area contributed by atoms with Crippen molar-refractivity contribution in [1.82, 2.24) is 0 Å². The Hall–Kier alpha value is -2.69. The molecule has 2 aliphatic rings. The Kier molecular flexibility index (Phi) is 3.20. The van der Waals surface area contributed by atoms with Crippen molar-refractivity contribution in [1.29, 1.82) is 0 Å². The van der Waals surface area contributed by atoms with Crippen molar-refractivity contribution < 1.29 is 19.1 Å². The monoisotopic (exact) mass is 297 g/mol. The normalized spacial score (nSPS) is 26.2. The van der Waals surface area contributed by atoms with Gasteiger partial charge in [0.15, 0.2) is 11.6 Å². The number of anilines is 1. The summed E-state index contributed by atoms with van der Waals surface area (Å²) in [7, 11) is 1.55. The first-order valence-corrected chi connectivity index (χ1v) is 6.90. The molecule has 5 heteroatoms. The van der Waals surface area contributed by atoms with E-state index in [4.69, 9.17) is 4.74 Å². The minimum Gasteiger partial charge on any atom is -0.497 e. The number of carbonyl (C=O) groups excluding carboxylic acids is 3. The second-order valence-corrected chi connectivity index (χ2v) is 5.50. The molecular weight excluding hydrogens is 282 g/mol. The molecular formula is C17H15NO4. The molecule has 0 saturated heterocycles. The van der Waals surface area contributed by atoms with Crippen LogP contribution in [0.4, 0.5) is 5.69 Å². The van der Waals surface area contributed by atoms with Gasteiger partial charge < -0.3 is 10.1 Å². The number of carbonyl (C=O) groups is 3. The van der Waals surface area contributed by atoms with Gasteiger partial charge in [0.05, 0.1) is 13.0 Å². The fourth-order valence-electron chi connectivity index (χ4n) is 2.93. The highest BCUT2D eigenvalue weighted by atomic mass is 16.5. The molecule has 3 rings (SSSR count). The van der Waals surface area contributed by atoms with Crippen LogP contribution in [0.15, 0.2) is 48.6 Å². The van der Waals surface area contributed by atoms with Crippen molar-refractivity contribution in [3.8, 4) is 5.75 Å². The molecule has 0 aliphatic heterocycles. The average Bonchev–Trinajstić information content (AvgIpc) is 2.75. The van der Waals surface area contributed by atoms with Crippen molar-refractivity contribution in [2.24, 2.45) is 11.3 Å². The number of ketones is 2. The van der Waals surface area contributed by atoms with E-state index in [2.05, 4.69) is 11.9 Å². The van der Waals surface area contributed by atoms with Gasteiger partial charge in [0, 0.05) is 11.3 Å². The van der Waals surface area contributed by atoms with Crippen LogP contribution < -0.4 is 10.1 Å². The summed E-state index contributed by atoms with van der Waals surface area (Å²) in [6.45, 7) is 3.68. The van der Waals surface area contributed by atoms with E-state index in [9.17, 15) is 14.4 Å². The molecule has 1 fully saturated rings. The molecule has 2 bridgehead atoms. The van der Waals surface area contributed by atoms with E-state index < -0.39 is 17.2 Å². The molecule has 0 radical (unpaired) electrons. The third kappa shape index (κ3) is 1.97. The van der Waals surface area contributed by atoms with Crippen molar-refractivity contribution in [2.75, 3.05) is 12.4 Å². The summed E-state index contributed by atoms with van der Waals surface area (Å²) in [4.78, 5) is 36.8. The van der Waals surface area contributed by atoms with Gasteiger partial charge in [0.1, 0.15) is 11.2 Å². The Balaban J connectivity index is 1.87. The lowest BCUT2D eigenvalue weighted by Gasteiger charge is -2.24. The molecule has 0 aromatic heterocycles. The van der Waals surface area contributed by atoms with E-state index in [1.807, 2.05) is 0 Å². The first-order chi connectivity index (χ1) is 10.5. The SMILES string of the molecule is C=C1C(=O)[C@@]2(C(=O)Nc3ccc(OC)cc3)C=CC(=O)[C@@H]1C2. The summed E-state index contributed by atoms with van der Waals surface area (Å²) in [5, 5.41) is 2.73. The number of Topliss-reactive ketones (excluding diaryl/α,β-unsaturated/α-hetero) is 1. The number of amides is 1. The molecule has 1 amide bonds. The van der Waals surface area contributed by atoms with Crippen molar-refractivity contribution >= 4 is 23.2 Å².